The quantitative estimate of drug-likeness (QED) is 0.219. The Balaban J connectivity index is 1.38. The first kappa shape index (κ1) is 31.2. The second-order valence-electron chi connectivity index (χ2n) is 11.5. The van der Waals surface area contributed by atoms with Crippen molar-refractivity contribution < 1.29 is 24.3 Å². The summed E-state index contributed by atoms with van der Waals surface area (Å²) in [4.78, 5) is 57.0. The zero-order valence-corrected chi connectivity index (χ0v) is 25.6. The molecule has 0 saturated carbocycles. The first-order chi connectivity index (χ1) is 22.7. The Kier molecular flexibility index (Phi) is 8.84. The van der Waals surface area contributed by atoms with E-state index < -0.39 is 24.1 Å². The number of phenols is 1. The summed E-state index contributed by atoms with van der Waals surface area (Å²) in [7, 11) is 0. The highest BCUT2D eigenvalue weighted by Gasteiger charge is 2.51. The summed E-state index contributed by atoms with van der Waals surface area (Å²) in [5, 5.41) is 24.2. The molecule has 14 heteroatoms. The zero-order valence-electron chi connectivity index (χ0n) is 25.6. The number of nitrogens with zero attached hydrogens (tertiary/aromatic N) is 7. The molecule has 4 N–H and O–H groups in total. The minimum absolute atomic E-state index is 0.0107. The Labute approximate surface area is 270 Å². The van der Waals surface area contributed by atoms with Crippen LogP contribution < -0.4 is 11.1 Å². The van der Waals surface area contributed by atoms with Gasteiger partial charge >= 0.3 is 6.03 Å². The van der Waals surface area contributed by atoms with Crippen LogP contribution in [0.5, 0.6) is 5.75 Å². The Morgan fingerprint density at radius 1 is 1.02 bits per heavy atom. The molecule has 6 rings (SSSR count). The lowest BCUT2D eigenvalue weighted by atomic mass is 9.98. The molecule has 2 saturated heterocycles. The lowest BCUT2D eigenvalue weighted by molar-refractivity contribution is -0.189. The van der Waals surface area contributed by atoms with Gasteiger partial charge in [0, 0.05) is 26.1 Å². The molecule has 14 nitrogen and oxygen atoms in total. The molecule has 2 aliphatic rings. The van der Waals surface area contributed by atoms with Crippen molar-refractivity contribution in [2.24, 2.45) is 5.73 Å². The predicted octanol–water partition coefficient (Wildman–Crippen LogP) is 1.36. The molecule has 1 aromatic heterocycles. The summed E-state index contributed by atoms with van der Waals surface area (Å²) in [6.07, 6.45) is 0.928. The Bertz CT molecular complexity index is 1810. The minimum Gasteiger partial charge on any atom is -0.508 e. The molecule has 0 unspecified atom stereocenters. The Morgan fingerprint density at radius 2 is 1.79 bits per heavy atom. The highest BCUT2D eigenvalue weighted by Crippen LogP contribution is 2.30. The fourth-order valence-electron chi connectivity index (χ4n) is 6.25. The van der Waals surface area contributed by atoms with Gasteiger partial charge in [0.2, 0.25) is 17.7 Å². The normalized spacial score (nSPS) is 18.3. The SMILES string of the molecule is C=CCN1CC(=O)N2[C@@H](Cc3ccc(O)cc3)C(=O)N(Cc3cccc4nnn(CC(N)=O)c34)C[C@@H]2N1C(=O)NCc1ccccc1. The van der Waals surface area contributed by atoms with E-state index in [9.17, 15) is 24.3 Å². The largest absolute Gasteiger partial charge is 0.508 e. The fourth-order valence-corrected chi connectivity index (χ4v) is 6.25. The van der Waals surface area contributed by atoms with Gasteiger partial charge in [-0.2, -0.15) is 0 Å². The zero-order chi connectivity index (χ0) is 33.1. The summed E-state index contributed by atoms with van der Waals surface area (Å²) < 4.78 is 1.40. The van der Waals surface area contributed by atoms with Crippen LogP contribution in [-0.4, -0.2) is 95.5 Å². The number of phenolic OH excluding ortho intramolecular Hbond substituents is 1. The number of urea groups is 1. The molecule has 4 aromatic rings. The van der Waals surface area contributed by atoms with Gasteiger partial charge in [0.25, 0.3) is 0 Å². The number of nitrogens with two attached hydrogens (primary N) is 1. The first-order valence-corrected chi connectivity index (χ1v) is 15.2. The van der Waals surface area contributed by atoms with E-state index in [-0.39, 0.29) is 63.3 Å². The molecule has 0 spiro atoms. The number of aromatic nitrogens is 3. The third kappa shape index (κ3) is 6.49. The van der Waals surface area contributed by atoms with E-state index in [1.807, 2.05) is 36.4 Å². The highest BCUT2D eigenvalue weighted by atomic mass is 16.3. The fraction of sp³-hybridized carbons (Fsp3) is 0.273. The summed E-state index contributed by atoms with van der Waals surface area (Å²) in [5.41, 5.74) is 8.85. The van der Waals surface area contributed by atoms with Crippen LogP contribution in [-0.2, 0) is 40.4 Å². The number of piperazine rings is 1. The molecule has 0 aliphatic carbocycles. The monoisotopic (exact) mass is 637 g/mol. The third-order valence-electron chi connectivity index (χ3n) is 8.31. The van der Waals surface area contributed by atoms with Gasteiger partial charge in [-0.3, -0.25) is 14.4 Å². The molecule has 2 atom stereocenters. The topological polar surface area (TPSA) is 170 Å². The van der Waals surface area contributed by atoms with Crippen molar-refractivity contribution in [3.05, 3.63) is 102 Å². The number of nitrogens with one attached hydrogen (secondary N) is 1. The van der Waals surface area contributed by atoms with Crippen molar-refractivity contribution in [1.82, 2.24) is 40.1 Å². The van der Waals surface area contributed by atoms with Crippen molar-refractivity contribution in [2.75, 3.05) is 19.6 Å². The maximum Gasteiger partial charge on any atom is 0.334 e. The van der Waals surface area contributed by atoms with Crippen LogP contribution in [0.2, 0.25) is 0 Å². The maximum absolute atomic E-state index is 14.4. The molecular formula is C33H35N9O5. The summed E-state index contributed by atoms with van der Waals surface area (Å²) in [6.45, 7) is 4.10. The van der Waals surface area contributed by atoms with Crippen LogP contribution in [0.3, 0.4) is 0 Å². The molecule has 2 fully saturated rings. The molecule has 5 amide bonds. The highest BCUT2D eigenvalue weighted by molar-refractivity contribution is 5.92. The van der Waals surface area contributed by atoms with E-state index in [0.29, 0.717) is 16.6 Å². The second-order valence-corrected chi connectivity index (χ2v) is 11.5. The molecule has 2 aliphatic heterocycles. The van der Waals surface area contributed by atoms with Gasteiger partial charge in [-0.15, -0.1) is 11.7 Å². The minimum atomic E-state index is -0.950. The molecule has 47 heavy (non-hydrogen) atoms. The number of aromatic hydroxyl groups is 1. The van der Waals surface area contributed by atoms with Crippen molar-refractivity contribution in [3.8, 4) is 5.75 Å². The lowest BCUT2D eigenvalue weighted by Gasteiger charge is -2.55. The van der Waals surface area contributed by atoms with Crippen molar-refractivity contribution in [2.45, 2.75) is 38.3 Å². The molecule has 3 aromatic carbocycles. The van der Waals surface area contributed by atoms with Gasteiger partial charge in [-0.05, 0) is 34.9 Å². The van der Waals surface area contributed by atoms with E-state index in [1.54, 1.807) is 40.3 Å². The number of fused-ring (bicyclic) bond motifs is 2. The predicted molar refractivity (Wildman–Crippen MR) is 171 cm³/mol. The number of para-hydroxylation sites is 1. The summed E-state index contributed by atoms with van der Waals surface area (Å²) >= 11 is 0. The number of benzene rings is 3. The summed E-state index contributed by atoms with van der Waals surface area (Å²) in [6, 6.07) is 19.9. The van der Waals surface area contributed by atoms with Crippen LogP contribution in [0.15, 0.2) is 85.5 Å². The second kappa shape index (κ2) is 13.3. The average molecular weight is 638 g/mol. The standard InChI is InChI=1S/C33H35N9O5/c1-2-15-39-21-30(45)41-27(16-22-11-13-25(43)14-12-22)32(46)38(18-24-9-6-10-26-31(24)40(37-36-26)19-28(34)44)20-29(41)42(39)33(47)35-17-23-7-4-3-5-8-23/h2-14,27,29,43H,1,15-21H2,(H2,34,44)(H,35,47)/t27-,29-/m0/s1. The molecule has 0 radical (unpaired) electrons. The van der Waals surface area contributed by atoms with Crippen LogP contribution in [0.25, 0.3) is 11.0 Å². The van der Waals surface area contributed by atoms with Crippen LogP contribution in [0.1, 0.15) is 16.7 Å². The molecule has 3 heterocycles. The number of amides is 5. The van der Waals surface area contributed by atoms with Gasteiger partial charge in [0.15, 0.2) is 0 Å². The van der Waals surface area contributed by atoms with Gasteiger partial charge in [-0.25, -0.2) is 19.5 Å². The average Bonchev–Trinajstić information content (AvgIpc) is 3.46. The van der Waals surface area contributed by atoms with Gasteiger partial charge in [0.05, 0.1) is 18.6 Å². The van der Waals surface area contributed by atoms with Crippen molar-refractivity contribution >= 4 is 34.8 Å². The smallest absolute Gasteiger partial charge is 0.334 e. The number of primary amides is 1. The number of rotatable bonds is 10. The number of hydrogen-bond acceptors (Lipinski definition) is 8. The maximum atomic E-state index is 14.4. The summed E-state index contributed by atoms with van der Waals surface area (Å²) in [5.74, 6) is -1.12. The van der Waals surface area contributed by atoms with Crippen molar-refractivity contribution in [3.63, 3.8) is 0 Å². The van der Waals surface area contributed by atoms with Crippen LogP contribution >= 0.6 is 0 Å². The van der Waals surface area contributed by atoms with Gasteiger partial charge < -0.3 is 26.0 Å². The van der Waals surface area contributed by atoms with E-state index in [1.165, 1.54) is 26.7 Å². The van der Waals surface area contributed by atoms with E-state index in [0.717, 1.165) is 11.1 Å². The number of carbonyl (C=O) groups is 4. The Morgan fingerprint density at radius 3 is 2.51 bits per heavy atom. The van der Waals surface area contributed by atoms with E-state index in [2.05, 4.69) is 22.2 Å². The van der Waals surface area contributed by atoms with E-state index in [4.69, 9.17) is 5.73 Å². The molecule has 0 bridgehead atoms. The number of carbonyl (C=O) groups excluding carboxylic acids is 4. The number of hydrazine groups is 1. The van der Waals surface area contributed by atoms with Crippen LogP contribution in [0.4, 0.5) is 4.79 Å². The van der Waals surface area contributed by atoms with Gasteiger partial charge in [0.1, 0.15) is 30.0 Å². The molecule has 242 valence electrons. The van der Waals surface area contributed by atoms with E-state index >= 15 is 0 Å². The first-order valence-electron chi connectivity index (χ1n) is 15.2. The van der Waals surface area contributed by atoms with Crippen LogP contribution in [0, 0.1) is 0 Å². The Hall–Kier alpha value is -5.76. The van der Waals surface area contributed by atoms with Crippen molar-refractivity contribution in [1.29, 1.82) is 0 Å². The number of hydrogen-bond donors (Lipinski definition) is 3. The molecular weight excluding hydrogens is 602 g/mol. The van der Waals surface area contributed by atoms with Gasteiger partial charge in [-0.1, -0.05) is 65.9 Å². The third-order valence-corrected chi connectivity index (χ3v) is 8.31. The lowest BCUT2D eigenvalue weighted by Crippen LogP contribution is -2.76.